The van der Waals surface area contributed by atoms with Crippen LogP contribution < -0.4 is 5.73 Å². The Balaban J connectivity index is 3.14. The maximum absolute atomic E-state index is 13.6. The minimum Gasteiger partial charge on any atom is -0.469 e. The molecule has 1 rings (SSSR count). The zero-order valence-electron chi connectivity index (χ0n) is 9.39. The Morgan fingerprint density at radius 3 is 2.59 bits per heavy atom. The largest absolute Gasteiger partial charge is 0.469 e. The van der Waals surface area contributed by atoms with Gasteiger partial charge in [-0.3, -0.25) is 4.79 Å². The molecule has 0 fully saturated rings. The topological polar surface area (TPSA) is 52.3 Å². The Labute approximate surface area is 106 Å². The van der Waals surface area contributed by atoms with Crippen molar-refractivity contribution in [2.24, 2.45) is 5.73 Å². The third-order valence-corrected chi connectivity index (χ3v) is 2.97. The second kappa shape index (κ2) is 5.10. The van der Waals surface area contributed by atoms with E-state index < -0.39 is 23.1 Å². The number of nitrogens with two attached hydrogens (primary N) is 1. The molecule has 0 saturated heterocycles. The van der Waals surface area contributed by atoms with Crippen molar-refractivity contribution >= 4 is 21.9 Å². The first kappa shape index (κ1) is 14.1. The van der Waals surface area contributed by atoms with Crippen molar-refractivity contribution < 1.29 is 18.3 Å². The van der Waals surface area contributed by atoms with Crippen LogP contribution in [0.25, 0.3) is 0 Å². The minimum atomic E-state index is -1.26. The van der Waals surface area contributed by atoms with E-state index in [1.807, 2.05) is 0 Å². The van der Waals surface area contributed by atoms with Gasteiger partial charge in [-0.25, -0.2) is 8.78 Å². The number of carbonyl (C=O) groups is 1. The maximum Gasteiger partial charge on any atom is 0.307 e. The predicted octanol–water partition coefficient (Wildman–Crippen LogP) is 2.46. The van der Waals surface area contributed by atoms with E-state index in [9.17, 15) is 13.6 Å². The number of halogens is 3. The quantitative estimate of drug-likeness (QED) is 0.689. The highest BCUT2D eigenvalue weighted by molar-refractivity contribution is 9.10. The molecule has 0 aliphatic carbocycles. The first-order valence-electron chi connectivity index (χ1n) is 4.78. The smallest absolute Gasteiger partial charge is 0.307 e. The van der Waals surface area contributed by atoms with Crippen molar-refractivity contribution in [2.45, 2.75) is 18.9 Å². The second-order valence-corrected chi connectivity index (χ2v) is 4.77. The van der Waals surface area contributed by atoms with Crippen molar-refractivity contribution in [1.29, 1.82) is 0 Å². The van der Waals surface area contributed by atoms with Crippen molar-refractivity contribution in [3.8, 4) is 0 Å². The van der Waals surface area contributed by atoms with Crippen molar-refractivity contribution in [3.63, 3.8) is 0 Å². The van der Waals surface area contributed by atoms with Crippen molar-refractivity contribution in [3.05, 3.63) is 33.8 Å². The first-order chi connectivity index (χ1) is 7.77. The molecule has 94 valence electrons. The molecule has 0 saturated carbocycles. The monoisotopic (exact) mass is 307 g/mol. The molecular weight excluding hydrogens is 296 g/mol. The zero-order chi connectivity index (χ0) is 13.2. The van der Waals surface area contributed by atoms with Gasteiger partial charge in [-0.2, -0.15) is 0 Å². The van der Waals surface area contributed by atoms with Crippen LogP contribution in [0, 0.1) is 11.6 Å². The van der Waals surface area contributed by atoms with Crippen LogP contribution in [0.5, 0.6) is 0 Å². The Morgan fingerprint density at radius 1 is 1.47 bits per heavy atom. The molecule has 2 N–H and O–H groups in total. The van der Waals surface area contributed by atoms with E-state index in [1.165, 1.54) is 20.1 Å². The van der Waals surface area contributed by atoms with Crippen LogP contribution in [0.4, 0.5) is 8.78 Å². The summed E-state index contributed by atoms with van der Waals surface area (Å²) in [4.78, 5) is 11.2. The molecule has 0 heterocycles. The summed E-state index contributed by atoms with van der Waals surface area (Å²) in [7, 11) is 1.22. The first-order valence-corrected chi connectivity index (χ1v) is 5.58. The summed E-state index contributed by atoms with van der Waals surface area (Å²) in [6.45, 7) is 1.48. The average molecular weight is 308 g/mol. The summed E-state index contributed by atoms with van der Waals surface area (Å²) < 4.78 is 31.2. The molecule has 0 aromatic heterocycles. The van der Waals surface area contributed by atoms with Gasteiger partial charge in [0.2, 0.25) is 0 Å². The van der Waals surface area contributed by atoms with Gasteiger partial charge < -0.3 is 10.5 Å². The number of esters is 1. The lowest BCUT2D eigenvalue weighted by molar-refractivity contribution is -0.142. The van der Waals surface area contributed by atoms with E-state index in [1.54, 1.807) is 0 Å². The lowest BCUT2D eigenvalue weighted by Gasteiger charge is -2.24. The van der Waals surface area contributed by atoms with E-state index >= 15 is 0 Å². The number of hydrogen-bond acceptors (Lipinski definition) is 3. The third-order valence-electron chi connectivity index (χ3n) is 2.36. The highest BCUT2D eigenvalue weighted by atomic mass is 79.9. The van der Waals surface area contributed by atoms with E-state index in [-0.39, 0.29) is 16.5 Å². The standard InChI is InChI=1S/C11H12BrF2NO2/c1-11(15,5-10(16)17-2)6-3-7(12)9(14)4-8(6)13/h3-4H,5,15H2,1-2H3/t11-/m0/s1. The molecule has 17 heavy (non-hydrogen) atoms. The minimum absolute atomic E-state index is 0.0520. The van der Waals surface area contributed by atoms with Gasteiger partial charge in [0.25, 0.3) is 0 Å². The van der Waals surface area contributed by atoms with Gasteiger partial charge in [-0.15, -0.1) is 0 Å². The molecule has 0 radical (unpaired) electrons. The molecule has 0 aliphatic heterocycles. The summed E-state index contributed by atoms with van der Waals surface area (Å²) in [5, 5.41) is 0. The van der Waals surface area contributed by atoms with Gasteiger partial charge in [0, 0.05) is 11.6 Å². The van der Waals surface area contributed by atoms with E-state index in [0.29, 0.717) is 0 Å². The number of benzene rings is 1. The number of hydrogen-bond donors (Lipinski definition) is 1. The zero-order valence-corrected chi connectivity index (χ0v) is 11.0. The second-order valence-electron chi connectivity index (χ2n) is 3.92. The molecule has 0 spiro atoms. The van der Waals surface area contributed by atoms with Crippen molar-refractivity contribution in [1.82, 2.24) is 0 Å². The Hall–Kier alpha value is -1.01. The molecule has 3 nitrogen and oxygen atoms in total. The Bertz CT molecular complexity index is 449. The maximum atomic E-state index is 13.6. The summed E-state index contributed by atoms with van der Waals surface area (Å²) in [5.41, 5.74) is 4.65. The number of ether oxygens (including phenoxy) is 1. The van der Waals surface area contributed by atoms with Gasteiger partial charge in [0.1, 0.15) is 11.6 Å². The fourth-order valence-electron chi connectivity index (χ4n) is 1.43. The van der Waals surface area contributed by atoms with Gasteiger partial charge in [0.05, 0.1) is 23.5 Å². The van der Waals surface area contributed by atoms with Gasteiger partial charge in [0.15, 0.2) is 0 Å². The fraction of sp³-hybridized carbons (Fsp3) is 0.364. The molecular formula is C11H12BrF2NO2. The highest BCUT2D eigenvalue weighted by Crippen LogP contribution is 2.29. The molecule has 6 heteroatoms. The fourth-order valence-corrected chi connectivity index (χ4v) is 1.77. The normalized spacial score (nSPS) is 14.2. The van der Waals surface area contributed by atoms with Gasteiger partial charge in [-0.1, -0.05) is 0 Å². The summed E-state index contributed by atoms with van der Waals surface area (Å²) >= 11 is 2.94. The molecule has 0 bridgehead atoms. The van der Waals surface area contributed by atoms with Gasteiger partial charge in [-0.05, 0) is 28.9 Å². The molecule has 1 aromatic rings. The van der Waals surface area contributed by atoms with Gasteiger partial charge >= 0.3 is 5.97 Å². The molecule has 0 unspecified atom stereocenters. The molecule has 1 atom stereocenters. The highest BCUT2D eigenvalue weighted by Gasteiger charge is 2.29. The van der Waals surface area contributed by atoms with Crippen LogP contribution >= 0.6 is 15.9 Å². The molecule has 0 aliphatic rings. The lowest BCUT2D eigenvalue weighted by Crippen LogP contribution is -2.37. The van der Waals surface area contributed by atoms with Crippen LogP contribution in [0.1, 0.15) is 18.9 Å². The van der Waals surface area contributed by atoms with Crippen LogP contribution in [-0.4, -0.2) is 13.1 Å². The SMILES string of the molecule is COC(=O)C[C@](C)(N)c1cc(Br)c(F)cc1F. The summed E-state index contributed by atoms with van der Waals surface area (Å²) in [6.07, 6.45) is -0.196. The number of carbonyl (C=O) groups excluding carboxylic acids is 1. The lowest BCUT2D eigenvalue weighted by atomic mass is 9.89. The van der Waals surface area contributed by atoms with Crippen LogP contribution in [0.15, 0.2) is 16.6 Å². The van der Waals surface area contributed by atoms with Crippen LogP contribution in [-0.2, 0) is 15.1 Å². The van der Waals surface area contributed by atoms with E-state index in [0.717, 1.165) is 6.07 Å². The van der Waals surface area contributed by atoms with Crippen LogP contribution in [0.2, 0.25) is 0 Å². The van der Waals surface area contributed by atoms with E-state index in [2.05, 4.69) is 20.7 Å². The Kier molecular flexibility index (Phi) is 4.21. The predicted molar refractivity (Wildman–Crippen MR) is 62.2 cm³/mol. The average Bonchev–Trinajstić information content (AvgIpc) is 2.22. The number of rotatable bonds is 3. The molecule has 0 amide bonds. The number of methoxy groups -OCH3 is 1. The molecule has 1 aromatic carbocycles. The third kappa shape index (κ3) is 3.23. The Morgan fingerprint density at radius 2 is 2.06 bits per heavy atom. The van der Waals surface area contributed by atoms with Crippen LogP contribution in [0.3, 0.4) is 0 Å². The van der Waals surface area contributed by atoms with Crippen molar-refractivity contribution in [2.75, 3.05) is 7.11 Å². The summed E-state index contributed by atoms with van der Waals surface area (Å²) in [6, 6.07) is 1.95. The van der Waals surface area contributed by atoms with E-state index in [4.69, 9.17) is 5.73 Å². The summed E-state index contributed by atoms with van der Waals surface area (Å²) in [5.74, 6) is -2.07.